The van der Waals surface area contributed by atoms with Crippen LogP contribution in [0.1, 0.15) is 13.8 Å². The van der Waals surface area contributed by atoms with Crippen LogP contribution in [0.2, 0.25) is 5.02 Å². The number of carbonyl (C=O) groups excluding carboxylic acids is 1. The molecule has 0 unspecified atom stereocenters. The van der Waals surface area contributed by atoms with Crippen molar-refractivity contribution in [2.45, 2.75) is 19.8 Å². The van der Waals surface area contributed by atoms with Crippen LogP contribution in [0.3, 0.4) is 0 Å². The predicted octanol–water partition coefficient (Wildman–Crippen LogP) is 5.23. The Labute approximate surface area is 205 Å². The van der Waals surface area contributed by atoms with Gasteiger partial charge in [-0.2, -0.15) is 4.98 Å². The number of pyridine rings is 2. The molecule has 2 aromatic heterocycles. The van der Waals surface area contributed by atoms with Crippen LogP contribution in [0.4, 0.5) is 19.0 Å². The van der Waals surface area contributed by atoms with E-state index in [2.05, 4.69) is 23.1 Å². The van der Waals surface area contributed by atoms with Gasteiger partial charge in [0.05, 0.1) is 12.3 Å². The fourth-order valence-electron chi connectivity index (χ4n) is 2.57. The molecule has 0 aromatic carbocycles. The maximum atomic E-state index is 14.7. The number of aromatic nitrogens is 2. The second-order valence-corrected chi connectivity index (χ2v) is 7.42. The lowest BCUT2D eigenvalue weighted by Gasteiger charge is -2.22. The third-order valence-corrected chi connectivity index (χ3v) is 4.56. The largest absolute Gasteiger partial charge is 0.495 e. The molecule has 0 aliphatic rings. The molecule has 0 radical (unpaired) electrons. The molecular formula is C23H24ClF3N4O4. The molecule has 2 aromatic rings. The normalized spacial score (nSPS) is 11.5. The molecule has 1 N–H and O–H groups in total. The summed E-state index contributed by atoms with van der Waals surface area (Å²) >= 11 is 6.12. The van der Waals surface area contributed by atoms with Crippen LogP contribution in [-0.4, -0.2) is 42.6 Å². The summed E-state index contributed by atoms with van der Waals surface area (Å²) in [6.07, 6.45) is 2.46. The zero-order chi connectivity index (χ0) is 26.2. The minimum atomic E-state index is -3.38. The lowest BCUT2D eigenvalue weighted by molar-refractivity contribution is -0.109. The molecule has 0 bridgehead atoms. The first-order valence-corrected chi connectivity index (χ1v) is 10.5. The first-order chi connectivity index (χ1) is 16.5. The summed E-state index contributed by atoms with van der Waals surface area (Å²) < 4.78 is 58.6. The third kappa shape index (κ3) is 7.64. The number of amides is 1. The Kier molecular flexibility index (Phi) is 9.52. The molecule has 0 atom stereocenters. The zero-order valence-corrected chi connectivity index (χ0v) is 20.0. The molecule has 0 aliphatic heterocycles. The third-order valence-electron chi connectivity index (χ3n) is 4.29. The van der Waals surface area contributed by atoms with Crippen molar-refractivity contribution in [1.82, 2.24) is 15.3 Å². The molecule has 8 nitrogen and oxygen atoms in total. The molecule has 2 heterocycles. The Balaban J connectivity index is 2.34. The summed E-state index contributed by atoms with van der Waals surface area (Å²) in [5.41, 5.74) is -0.837. The lowest BCUT2D eigenvalue weighted by atomic mass is 10.2. The van der Waals surface area contributed by atoms with Crippen LogP contribution in [0.25, 0.3) is 0 Å². The number of allylic oxidation sites excluding steroid dienone is 2. The van der Waals surface area contributed by atoms with Gasteiger partial charge in [-0.1, -0.05) is 24.8 Å². The number of hydrogen-bond donors (Lipinski definition) is 1. The van der Waals surface area contributed by atoms with Gasteiger partial charge in [0, 0.05) is 31.9 Å². The molecule has 1 amide bonds. The van der Waals surface area contributed by atoms with Crippen LogP contribution < -0.4 is 19.7 Å². The van der Waals surface area contributed by atoms with Crippen molar-refractivity contribution < 1.29 is 32.2 Å². The van der Waals surface area contributed by atoms with Crippen molar-refractivity contribution >= 4 is 23.8 Å². The SMILES string of the molecule is C=C(COc1ncccc1Oc1nc(N(C)C(=C)/C=C(\NC=O)C(C)(F)F)c(F)cc1Cl)OCC. The number of halogens is 4. The summed E-state index contributed by atoms with van der Waals surface area (Å²) in [6.45, 7) is 10.2. The van der Waals surface area contributed by atoms with Gasteiger partial charge in [-0.25, -0.2) is 18.2 Å². The molecule has 0 saturated carbocycles. The van der Waals surface area contributed by atoms with E-state index < -0.39 is 17.4 Å². The van der Waals surface area contributed by atoms with E-state index in [1.54, 1.807) is 13.0 Å². The number of nitrogens with one attached hydrogen (secondary N) is 1. The maximum Gasteiger partial charge on any atom is 0.285 e. The maximum absolute atomic E-state index is 14.7. The van der Waals surface area contributed by atoms with E-state index in [-0.39, 0.29) is 47.1 Å². The van der Waals surface area contributed by atoms with Gasteiger partial charge in [-0.05, 0) is 25.1 Å². The van der Waals surface area contributed by atoms with Crippen molar-refractivity contribution in [3.63, 3.8) is 0 Å². The number of rotatable bonds is 13. The minimum Gasteiger partial charge on any atom is -0.495 e. The van der Waals surface area contributed by atoms with Crippen molar-refractivity contribution in [2.75, 3.05) is 25.2 Å². The monoisotopic (exact) mass is 512 g/mol. The zero-order valence-electron chi connectivity index (χ0n) is 19.3. The van der Waals surface area contributed by atoms with Gasteiger partial charge in [0.25, 0.3) is 11.8 Å². The molecule has 0 spiro atoms. The highest BCUT2D eigenvalue weighted by Gasteiger charge is 2.28. The van der Waals surface area contributed by atoms with Crippen LogP contribution in [0.15, 0.2) is 60.8 Å². The Morgan fingerprint density at radius 2 is 2.06 bits per heavy atom. The first kappa shape index (κ1) is 27.5. The number of anilines is 1. The van der Waals surface area contributed by atoms with E-state index in [1.807, 2.05) is 5.32 Å². The molecule has 0 aliphatic carbocycles. The lowest BCUT2D eigenvalue weighted by Crippen LogP contribution is -2.28. The van der Waals surface area contributed by atoms with E-state index in [0.717, 1.165) is 17.0 Å². The van der Waals surface area contributed by atoms with Crippen molar-refractivity contribution in [3.8, 4) is 17.5 Å². The molecule has 188 valence electrons. The average molecular weight is 513 g/mol. The number of ether oxygens (including phenoxy) is 3. The van der Waals surface area contributed by atoms with Gasteiger partial charge in [-0.15, -0.1) is 0 Å². The van der Waals surface area contributed by atoms with Gasteiger partial charge in [0.2, 0.25) is 12.3 Å². The second kappa shape index (κ2) is 12.1. The minimum absolute atomic E-state index is 0.00512. The van der Waals surface area contributed by atoms with Crippen molar-refractivity contribution in [3.05, 3.63) is 71.6 Å². The number of nitrogens with zero attached hydrogens (tertiary/aromatic N) is 3. The van der Waals surface area contributed by atoms with E-state index in [1.165, 1.54) is 19.3 Å². The Morgan fingerprint density at radius 1 is 1.34 bits per heavy atom. The van der Waals surface area contributed by atoms with E-state index in [4.69, 9.17) is 25.8 Å². The summed E-state index contributed by atoms with van der Waals surface area (Å²) in [4.78, 5) is 19.9. The number of carbonyl (C=O) groups is 1. The summed E-state index contributed by atoms with van der Waals surface area (Å²) in [6, 6.07) is 4.04. The van der Waals surface area contributed by atoms with Gasteiger partial charge < -0.3 is 24.4 Å². The van der Waals surface area contributed by atoms with Gasteiger partial charge >= 0.3 is 0 Å². The Morgan fingerprint density at radius 3 is 2.69 bits per heavy atom. The highest BCUT2D eigenvalue weighted by molar-refractivity contribution is 6.31. The first-order valence-electron chi connectivity index (χ1n) is 10.1. The fourth-order valence-corrected chi connectivity index (χ4v) is 2.74. The van der Waals surface area contributed by atoms with Gasteiger partial charge in [0.15, 0.2) is 17.4 Å². The second-order valence-electron chi connectivity index (χ2n) is 7.01. The Hall–Kier alpha value is -3.73. The van der Waals surface area contributed by atoms with E-state index in [9.17, 15) is 18.0 Å². The van der Waals surface area contributed by atoms with E-state index >= 15 is 0 Å². The molecule has 0 saturated heterocycles. The van der Waals surface area contributed by atoms with Crippen LogP contribution in [0, 0.1) is 5.82 Å². The summed E-state index contributed by atoms with van der Waals surface area (Å²) in [7, 11) is 1.34. The van der Waals surface area contributed by atoms with Gasteiger partial charge in [0.1, 0.15) is 17.4 Å². The average Bonchev–Trinajstić information content (AvgIpc) is 2.79. The van der Waals surface area contributed by atoms with Crippen LogP contribution in [-0.2, 0) is 9.53 Å². The molecule has 35 heavy (non-hydrogen) atoms. The van der Waals surface area contributed by atoms with Crippen molar-refractivity contribution in [2.24, 2.45) is 0 Å². The van der Waals surface area contributed by atoms with Crippen LogP contribution in [0.5, 0.6) is 17.5 Å². The standard InChI is InChI=1S/C23H24ClF3N4O4/c1-6-33-15(3)12-34-22-18(8-7-9-28-22)35-21-16(24)11-17(25)20(30-21)31(5)14(2)10-19(29-13-32)23(4,26)27/h7-11,13H,2-3,6,12H2,1,4-5H3,(H,29,32)/b19-10-. The van der Waals surface area contributed by atoms with E-state index in [0.29, 0.717) is 19.3 Å². The number of alkyl halides is 2. The van der Waals surface area contributed by atoms with Crippen molar-refractivity contribution in [1.29, 1.82) is 0 Å². The smallest absolute Gasteiger partial charge is 0.285 e. The molecule has 12 heteroatoms. The highest BCUT2D eigenvalue weighted by atomic mass is 35.5. The topological polar surface area (TPSA) is 85.8 Å². The predicted molar refractivity (Wildman–Crippen MR) is 125 cm³/mol. The fraction of sp³-hybridized carbons (Fsp3) is 0.261. The highest BCUT2D eigenvalue weighted by Crippen LogP contribution is 2.35. The molecule has 2 rings (SSSR count). The number of likely N-dealkylation sites (N-methyl/N-ethyl adjacent to an activating group) is 1. The summed E-state index contributed by atoms with van der Waals surface area (Å²) in [5.74, 6) is -4.22. The quantitative estimate of drug-likeness (QED) is 0.223. The molecule has 0 fully saturated rings. The van der Waals surface area contributed by atoms with Crippen LogP contribution >= 0.6 is 11.6 Å². The summed E-state index contributed by atoms with van der Waals surface area (Å²) in [5, 5.41) is 1.74. The Bertz CT molecular complexity index is 1120. The number of hydrogen-bond acceptors (Lipinski definition) is 7. The molecular weight excluding hydrogens is 489 g/mol. The van der Waals surface area contributed by atoms with Gasteiger partial charge in [-0.3, -0.25) is 4.79 Å².